The van der Waals surface area contributed by atoms with E-state index in [0.717, 1.165) is 22.0 Å². The molecule has 3 rings (SSSR count). The first-order valence-electron chi connectivity index (χ1n) is 5.69. The molecule has 18 heavy (non-hydrogen) atoms. The second kappa shape index (κ2) is 4.55. The minimum Gasteiger partial charge on any atom is -0.390 e. The van der Waals surface area contributed by atoms with Crippen molar-refractivity contribution in [1.29, 1.82) is 0 Å². The number of fused-ring (bicyclic) bond motifs is 1. The molecule has 87 valence electrons. The average molecular weight is 235 g/mol. The monoisotopic (exact) mass is 235 g/mol. The quantitative estimate of drug-likeness (QED) is 0.742. The van der Waals surface area contributed by atoms with Crippen molar-refractivity contribution < 1.29 is 5.11 Å². The molecule has 3 heteroatoms. The number of hydrogen-bond acceptors (Lipinski definition) is 3. The van der Waals surface area contributed by atoms with Gasteiger partial charge in [0.2, 0.25) is 0 Å². The fraction of sp³-hybridized carbons (Fsp3) is 0.0667. The Bertz CT molecular complexity index is 695. The Morgan fingerprint density at radius 1 is 1.00 bits per heavy atom. The van der Waals surface area contributed by atoms with Crippen LogP contribution in [0.1, 0.15) is 5.69 Å². The van der Waals surface area contributed by atoms with Crippen molar-refractivity contribution in [2.45, 2.75) is 6.61 Å². The molecule has 0 unspecified atom stereocenters. The van der Waals surface area contributed by atoms with Gasteiger partial charge in [-0.05, 0) is 41.5 Å². The highest BCUT2D eigenvalue weighted by Gasteiger charge is 2.02. The number of aromatic nitrogens is 2. The molecule has 0 fully saturated rings. The minimum atomic E-state index is -0.0482. The van der Waals surface area contributed by atoms with E-state index in [4.69, 9.17) is 5.11 Å². The van der Waals surface area contributed by atoms with E-state index in [1.807, 2.05) is 30.3 Å². The number of nitrogens with zero attached hydrogens (tertiary/aromatic N) is 2. The molecular weight excluding hydrogens is 224 g/mol. The van der Waals surface area contributed by atoms with Crippen LogP contribution in [0.2, 0.25) is 0 Å². The molecule has 3 aromatic rings. The van der Waals surface area contributed by atoms with Crippen LogP contribution in [0.15, 0.2) is 48.8 Å². The van der Waals surface area contributed by atoms with Crippen LogP contribution in [0.5, 0.6) is 0 Å². The summed E-state index contributed by atoms with van der Waals surface area (Å²) in [4.78, 5) is 8.39. The lowest BCUT2D eigenvalue weighted by Gasteiger charge is -2.04. The Balaban J connectivity index is 2.13. The van der Waals surface area contributed by atoms with Crippen molar-refractivity contribution in [2.75, 3.05) is 0 Å². The van der Waals surface area contributed by atoms with Gasteiger partial charge in [0, 0.05) is 17.8 Å². The van der Waals surface area contributed by atoms with E-state index in [0.29, 0.717) is 5.69 Å². The minimum absolute atomic E-state index is 0.0482. The maximum atomic E-state index is 9.10. The predicted molar refractivity (Wildman–Crippen MR) is 69.7 cm³/mol. The van der Waals surface area contributed by atoms with Crippen molar-refractivity contribution in [2.24, 2.45) is 0 Å². The second-order valence-electron chi connectivity index (χ2n) is 4.02. The lowest BCUT2D eigenvalue weighted by molar-refractivity contribution is 0.277. The molecule has 1 aromatic carbocycles. The maximum Gasteiger partial charge on any atom is 0.0853 e. The normalized spacial score (nSPS) is 10.7. The molecule has 0 aliphatic rings. The Labute approximate surface area is 105 Å². The first kappa shape index (κ1) is 10.9. The summed E-state index contributed by atoms with van der Waals surface area (Å²) >= 11 is 0. The van der Waals surface area contributed by atoms with Crippen molar-refractivity contribution in [3.8, 4) is 11.1 Å². The van der Waals surface area contributed by atoms with Gasteiger partial charge in [0.1, 0.15) is 0 Å². The highest BCUT2D eigenvalue weighted by Crippen LogP contribution is 2.23. The largest absolute Gasteiger partial charge is 0.390 e. The molecule has 0 saturated carbocycles. The van der Waals surface area contributed by atoms with Gasteiger partial charge in [-0.2, -0.15) is 0 Å². The summed E-state index contributed by atoms with van der Waals surface area (Å²) in [5.41, 5.74) is 3.67. The lowest BCUT2D eigenvalue weighted by atomic mass is 10.0. The average Bonchev–Trinajstić information content (AvgIpc) is 2.47. The highest BCUT2D eigenvalue weighted by molar-refractivity contribution is 5.83. The second-order valence-corrected chi connectivity index (χ2v) is 4.02. The van der Waals surface area contributed by atoms with Crippen LogP contribution >= 0.6 is 0 Å². The van der Waals surface area contributed by atoms with Gasteiger partial charge in [0.25, 0.3) is 0 Å². The topological polar surface area (TPSA) is 46.0 Å². The van der Waals surface area contributed by atoms with Gasteiger partial charge in [0.15, 0.2) is 0 Å². The molecule has 3 nitrogen and oxygen atoms in total. The van der Waals surface area contributed by atoms with Crippen LogP contribution in [-0.2, 0) is 6.61 Å². The van der Waals surface area contributed by atoms with Gasteiger partial charge >= 0.3 is 0 Å². The van der Waals surface area contributed by atoms with E-state index in [1.165, 1.54) is 0 Å². The van der Waals surface area contributed by atoms with Gasteiger partial charge in [0.05, 0.1) is 17.8 Å². The molecule has 2 heterocycles. The lowest BCUT2D eigenvalue weighted by Crippen LogP contribution is -1.89. The summed E-state index contributed by atoms with van der Waals surface area (Å²) in [6, 6.07) is 14.8. The molecule has 2 aromatic heterocycles. The van der Waals surface area contributed by atoms with Gasteiger partial charge in [-0.15, -0.1) is 0 Å². The van der Waals surface area contributed by atoms with Gasteiger partial charge in [-0.25, -0.2) is 0 Å². The Kier molecular flexibility index (Phi) is 2.74. The number of benzene rings is 1. The molecule has 1 radical (unpaired) electrons. The predicted octanol–water partition coefficient (Wildman–Crippen LogP) is 2.59. The molecule has 1 N–H and O–H groups in total. The SMILES string of the molecule is OCc1cc(-c2ccc3[c]ccnc3c2)ccn1. The van der Waals surface area contributed by atoms with Gasteiger partial charge in [-0.3, -0.25) is 9.97 Å². The highest BCUT2D eigenvalue weighted by atomic mass is 16.3. The Morgan fingerprint density at radius 3 is 2.78 bits per heavy atom. The first-order valence-corrected chi connectivity index (χ1v) is 5.69. The molecule has 0 saturated heterocycles. The molecule has 0 atom stereocenters. The van der Waals surface area contributed by atoms with Crippen LogP contribution in [0.3, 0.4) is 0 Å². The standard InChI is InChI=1S/C15H11N2O/c18-10-14-8-13(5-7-16-14)12-4-3-11-2-1-6-17-15(11)9-12/h1,3-9,18H,10H2. The van der Waals surface area contributed by atoms with Crippen LogP contribution in [0, 0.1) is 6.07 Å². The van der Waals surface area contributed by atoms with Crippen molar-refractivity contribution in [3.63, 3.8) is 0 Å². The van der Waals surface area contributed by atoms with Crippen molar-refractivity contribution in [3.05, 3.63) is 60.6 Å². The number of pyridine rings is 2. The molecular formula is C15H11N2O. The zero-order chi connectivity index (χ0) is 12.4. The van der Waals surface area contributed by atoms with Gasteiger partial charge < -0.3 is 5.11 Å². The smallest absolute Gasteiger partial charge is 0.0853 e. The maximum absolute atomic E-state index is 9.10. The third-order valence-corrected chi connectivity index (χ3v) is 2.84. The van der Waals surface area contributed by atoms with Crippen LogP contribution in [0.4, 0.5) is 0 Å². The van der Waals surface area contributed by atoms with Crippen molar-refractivity contribution in [1.82, 2.24) is 9.97 Å². The van der Waals surface area contributed by atoms with E-state index in [1.54, 1.807) is 18.5 Å². The summed E-state index contributed by atoms with van der Waals surface area (Å²) in [6.07, 6.45) is 3.44. The molecule has 0 spiro atoms. The number of rotatable bonds is 2. The molecule has 0 bridgehead atoms. The zero-order valence-electron chi connectivity index (χ0n) is 9.67. The summed E-state index contributed by atoms with van der Waals surface area (Å²) < 4.78 is 0. The molecule has 0 amide bonds. The number of hydrogen-bond donors (Lipinski definition) is 1. The summed E-state index contributed by atoms with van der Waals surface area (Å²) in [6.45, 7) is -0.0482. The molecule has 0 aliphatic carbocycles. The third kappa shape index (κ3) is 1.96. The first-order chi connectivity index (χ1) is 8.86. The van der Waals surface area contributed by atoms with Crippen LogP contribution in [0.25, 0.3) is 22.0 Å². The summed E-state index contributed by atoms with van der Waals surface area (Å²) in [5.74, 6) is 0. The Morgan fingerprint density at radius 2 is 1.89 bits per heavy atom. The number of aliphatic hydroxyl groups is 1. The number of aliphatic hydroxyl groups excluding tert-OH is 1. The third-order valence-electron chi connectivity index (χ3n) is 2.84. The van der Waals surface area contributed by atoms with E-state index in [-0.39, 0.29) is 6.61 Å². The summed E-state index contributed by atoms with van der Waals surface area (Å²) in [5, 5.41) is 10.1. The van der Waals surface area contributed by atoms with Crippen LogP contribution < -0.4 is 0 Å². The van der Waals surface area contributed by atoms with E-state index in [9.17, 15) is 0 Å². The zero-order valence-corrected chi connectivity index (χ0v) is 9.67. The fourth-order valence-electron chi connectivity index (χ4n) is 1.93. The van der Waals surface area contributed by atoms with E-state index >= 15 is 0 Å². The van der Waals surface area contributed by atoms with Crippen LogP contribution in [-0.4, -0.2) is 15.1 Å². The summed E-state index contributed by atoms with van der Waals surface area (Å²) in [7, 11) is 0. The van der Waals surface area contributed by atoms with Crippen molar-refractivity contribution >= 4 is 10.9 Å². The molecule has 0 aliphatic heterocycles. The van der Waals surface area contributed by atoms with E-state index in [2.05, 4.69) is 16.0 Å². The van der Waals surface area contributed by atoms with E-state index < -0.39 is 0 Å². The Hall–Kier alpha value is -2.26. The van der Waals surface area contributed by atoms with Gasteiger partial charge in [-0.1, -0.05) is 12.1 Å². The fourth-order valence-corrected chi connectivity index (χ4v) is 1.93.